The van der Waals surface area contributed by atoms with E-state index in [9.17, 15) is 0 Å². The van der Waals surface area contributed by atoms with Crippen molar-refractivity contribution in [3.8, 4) is 0 Å². The van der Waals surface area contributed by atoms with Crippen LogP contribution in [0.2, 0.25) is 0 Å². The van der Waals surface area contributed by atoms with Crippen LogP contribution in [-0.2, 0) is 4.84 Å². The maximum Gasteiger partial charge on any atom is 0.135 e. The molecule has 0 aliphatic carbocycles. The van der Waals surface area contributed by atoms with Gasteiger partial charge in [0.15, 0.2) is 0 Å². The summed E-state index contributed by atoms with van der Waals surface area (Å²) in [5.74, 6) is 1.45. The van der Waals surface area contributed by atoms with Crippen LogP contribution in [0.5, 0.6) is 0 Å². The molecule has 0 aromatic heterocycles. The zero-order valence-corrected chi connectivity index (χ0v) is 7.85. The first-order chi connectivity index (χ1) is 6.40. The van der Waals surface area contributed by atoms with E-state index in [1.54, 1.807) is 6.08 Å². The molecule has 0 aromatic rings. The number of hydrogen-bond acceptors (Lipinski definition) is 3. The first-order valence-electron chi connectivity index (χ1n) is 4.89. The number of hydrogen-bond donors (Lipinski definition) is 0. The molecule has 13 heavy (non-hydrogen) atoms. The van der Waals surface area contributed by atoms with Gasteiger partial charge in [-0.2, -0.15) is 0 Å². The second kappa shape index (κ2) is 3.92. The minimum Gasteiger partial charge on any atom is -0.392 e. The summed E-state index contributed by atoms with van der Waals surface area (Å²) in [6, 6.07) is 0. The summed E-state index contributed by atoms with van der Waals surface area (Å²) in [5, 5.41) is 3.94. The van der Waals surface area contributed by atoms with Gasteiger partial charge in [-0.25, -0.2) is 0 Å². The lowest BCUT2D eigenvalue weighted by Gasteiger charge is -2.17. The highest BCUT2D eigenvalue weighted by molar-refractivity contribution is 5.61. The Labute approximate surface area is 79.0 Å². The normalized spacial score (nSPS) is 37.1. The van der Waals surface area contributed by atoms with Gasteiger partial charge in [-0.1, -0.05) is 17.8 Å². The van der Waals surface area contributed by atoms with Gasteiger partial charge in [-0.3, -0.25) is 0 Å². The molecule has 0 saturated carbocycles. The molecule has 2 rings (SSSR count). The topological polar surface area (TPSA) is 24.8 Å². The van der Waals surface area contributed by atoms with Crippen molar-refractivity contribution in [3.05, 3.63) is 12.7 Å². The maximum absolute atomic E-state index is 4.99. The molecule has 0 amide bonds. The largest absolute Gasteiger partial charge is 0.392 e. The molecule has 2 heterocycles. The van der Waals surface area contributed by atoms with Crippen molar-refractivity contribution >= 4 is 6.21 Å². The quantitative estimate of drug-likeness (QED) is 0.280. The fraction of sp³-hybridized carbons (Fsp3) is 0.700. The van der Waals surface area contributed by atoms with Crippen molar-refractivity contribution in [3.63, 3.8) is 0 Å². The molecule has 2 aliphatic heterocycles. The number of nitrogens with zero attached hydrogens (tertiary/aromatic N) is 2. The van der Waals surface area contributed by atoms with Gasteiger partial charge in [0, 0.05) is 25.2 Å². The van der Waals surface area contributed by atoms with Crippen LogP contribution >= 0.6 is 0 Å². The molecule has 2 bridgehead atoms. The van der Waals surface area contributed by atoms with E-state index < -0.39 is 0 Å². The van der Waals surface area contributed by atoms with Gasteiger partial charge in [0.25, 0.3) is 0 Å². The molecular formula is C10H16N2O. The summed E-state index contributed by atoms with van der Waals surface area (Å²) >= 11 is 0. The van der Waals surface area contributed by atoms with Crippen LogP contribution < -0.4 is 0 Å². The smallest absolute Gasteiger partial charge is 0.135 e. The minimum atomic E-state index is 0.512. The van der Waals surface area contributed by atoms with Crippen LogP contribution in [-0.4, -0.2) is 37.4 Å². The highest BCUT2D eigenvalue weighted by Crippen LogP contribution is 2.31. The molecule has 0 N–H and O–H groups in total. The third kappa shape index (κ3) is 1.91. The summed E-state index contributed by atoms with van der Waals surface area (Å²) in [6.07, 6.45) is 5.01. The van der Waals surface area contributed by atoms with Crippen molar-refractivity contribution in [2.75, 3.05) is 26.2 Å². The Hall–Kier alpha value is -0.830. The Morgan fingerprint density at radius 3 is 3.08 bits per heavy atom. The predicted molar refractivity (Wildman–Crippen MR) is 52.7 cm³/mol. The van der Waals surface area contributed by atoms with Crippen molar-refractivity contribution in [2.24, 2.45) is 17.0 Å². The van der Waals surface area contributed by atoms with E-state index in [-0.39, 0.29) is 0 Å². The predicted octanol–water partition coefficient (Wildman–Crippen LogP) is 1.13. The van der Waals surface area contributed by atoms with E-state index in [2.05, 4.69) is 16.6 Å². The van der Waals surface area contributed by atoms with Crippen LogP contribution in [0.25, 0.3) is 0 Å². The Bertz CT molecular complexity index is 215. The Kier molecular flexibility index (Phi) is 2.64. The summed E-state index contributed by atoms with van der Waals surface area (Å²) in [5.41, 5.74) is 0. The summed E-state index contributed by atoms with van der Waals surface area (Å²) in [6.45, 7) is 7.79. The lowest BCUT2D eigenvalue weighted by Crippen LogP contribution is -2.24. The fourth-order valence-corrected chi connectivity index (χ4v) is 2.21. The van der Waals surface area contributed by atoms with Gasteiger partial charge in [-0.05, 0) is 18.9 Å². The third-order valence-electron chi connectivity index (χ3n) is 2.90. The van der Waals surface area contributed by atoms with E-state index in [1.165, 1.54) is 26.1 Å². The highest BCUT2D eigenvalue weighted by Gasteiger charge is 2.36. The Balaban J connectivity index is 1.76. The average molecular weight is 180 g/mol. The van der Waals surface area contributed by atoms with Crippen LogP contribution in [0.4, 0.5) is 0 Å². The zero-order chi connectivity index (χ0) is 9.10. The molecule has 3 heteroatoms. The van der Waals surface area contributed by atoms with Gasteiger partial charge >= 0.3 is 0 Å². The van der Waals surface area contributed by atoms with E-state index >= 15 is 0 Å². The van der Waals surface area contributed by atoms with Crippen molar-refractivity contribution in [2.45, 2.75) is 6.42 Å². The van der Waals surface area contributed by atoms with Crippen molar-refractivity contribution in [1.82, 2.24) is 4.90 Å². The Morgan fingerprint density at radius 1 is 1.54 bits per heavy atom. The number of fused-ring (bicyclic) bond motifs is 2. The first kappa shape index (κ1) is 8.75. The van der Waals surface area contributed by atoms with Gasteiger partial charge in [-0.15, -0.1) is 0 Å². The molecule has 2 saturated heterocycles. The lowest BCUT2D eigenvalue weighted by atomic mass is 9.94. The lowest BCUT2D eigenvalue weighted by molar-refractivity contribution is 0.173. The SMILES string of the molecule is C=CCO/N=C/[C@H]1CN2CC[C@H]1C2. The molecule has 1 unspecified atom stereocenters. The molecule has 0 radical (unpaired) electrons. The van der Waals surface area contributed by atoms with Crippen molar-refractivity contribution in [1.29, 1.82) is 0 Å². The molecular weight excluding hydrogens is 164 g/mol. The number of rotatable bonds is 4. The first-order valence-corrected chi connectivity index (χ1v) is 4.89. The van der Waals surface area contributed by atoms with Gasteiger partial charge in [0.1, 0.15) is 6.61 Å². The maximum atomic E-state index is 4.99. The third-order valence-corrected chi connectivity index (χ3v) is 2.90. The van der Waals surface area contributed by atoms with Gasteiger partial charge < -0.3 is 9.74 Å². The fourth-order valence-electron chi connectivity index (χ4n) is 2.21. The van der Waals surface area contributed by atoms with Crippen LogP contribution in [0.3, 0.4) is 0 Å². The Morgan fingerprint density at radius 2 is 2.46 bits per heavy atom. The van der Waals surface area contributed by atoms with Crippen LogP contribution in [0.1, 0.15) is 6.42 Å². The van der Waals surface area contributed by atoms with Crippen molar-refractivity contribution < 1.29 is 4.84 Å². The van der Waals surface area contributed by atoms with Gasteiger partial charge in [0.05, 0.1) is 0 Å². The monoisotopic (exact) mass is 180 g/mol. The molecule has 0 aromatic carbocycles. The molecule has 2 fully saturated rings. The van der Waals surface area contributed by atoms with E-state index in [4.69, 9.17) is 4.84 Å². The zero-order valence-electron chi connectivity index (χ0n) is 7.85. The standard InChI is InChI=1S/C10H16N2O/c1-2-5-13-11-6-10-8-12-4-3-9(10)7-12/h2,6,9-10H,1,3-5,7-8H2/b11-6+/t9-,10-/m0/s1. The van der Waals surface area contributed by atoms with Crippen LogP contribution in [0, 0.1) is 11.8 Å². The molecule has 3 atom stereocenters. The second-order valence-corrected chi connectivity index (χ2v) is 3.81. The van der Waals surface area contributed by atoms with E-state index in [1.807, 2.05) is 6.21 Å². The number of oxime groups is 1. The second-order valence-electron chi connectivity index (χ2n) is 3.81. The van der Waals surface area contributed by atoms with Crippen LogP contribution in [0.15, 0.2) is 17.8 Å². The highest BCUT2D eigenvalue weighted by atomic mass is 16.6. The summed E-state index contributed by atoms with van der Waals surface area (Å²) in [4.78, 5) is 7.48. The molecule has 0 spiro atoms. The number of piperidine rings is 1. The van der Waals surface area contributed by atoms with E-state index in [0.717, 1.165) is 5.92 Å². The molecule has 72 valence electrons. The summed E-state index contributed by atoms with van der Waals surface area (Å²) in [7, 11) is 0. The molecule has 2 aliphatic rings. The molecule has 3 nitrogen and oxygen atoms in total. The van der Waals surface area contributed by atoms with E-state index in [0.29, 0.717) is 12.5 Å². The average Bonchev–Trinajstić information content (AvgIpc) is 2.73. The summed E-state index contributed by atoms with van der Waals surface area (Å²) < 4.78 is 0. The minimum absolute atomic E-state index is 0.512. The van der Waals surface area contributed by atoms with Gasteiger partial charge in [0.2, 0.25) is 0 Å².